The molecule has 3 N–H and O–H groups in total. The van der Waals surface area contributed by atoms with Crippen LogP contribution in [0, 0.1) is 13.8 Å². The number of rotatable bonds is 9. The average molecular weight is 385 g/mol. The minimum absolute atomic E-state index is 0.0627. The van der Waals surface area contributed by atoms with Gasteiger partial charge in [-0.1, -0.05) is 12.1 Å². The molecule has 28 heavy (non-hydrogen) atoms. The molecule has 0 unspecified atom stereocenters. The van der Waals surface area contributed by atoms with Crippen molar-refractivity contribution < 1.29 is 4.79 Å². The molecule has 1 aromatic heterocycles. The van der Waals surface area contributed by atoms with Gasteiger partial charge >= 0.3 is 0 Å². The van der Waals surface area contributed by atoms with Crippen LogP contribution in [-0.4, -0.2) is 48.3 Å². The van der Waals surface area contributed by atoms with Gasteiger partial charge in [0.25, 0.3) is 5.91 Å². The fourth-order valence-electron chi connectivity index (χ4n) is 2.99. The van der Waals surface area contributed by atoms with E-state index < -0.39 is 0 Å². The number of carbonyl (C=O) groups excluding carboxylic acids is 1. The number of guanidine groups is 1. The van der Waals surface area contributed by atoms with Crippen LogP contribution in [0.3, 0.4) is 0 Å². The summed E-state index contributed by atoms with van der Waals surface area (Å²) < 4.78 is 2.03. The van der Waals surface area contributed by atoms with Crippen molar-refractivity contribution in [2.24, 2.45) is 4.99 Å². The van der Waals surface area contributed by atoms with Gasteiger partial charge in [0.15, 0.2) is 5.96 Å². The molecule has 0 aliphatic heterocycles. The quantitative estimate of drug-likeness (QED) is 0.351. The Hall–Kier alpha value is -2.83. The van der Waals surface area contributed by atoms with Gasteiger partial charge < -0.3 is 16.0 Å². The molecule has 0 saturated carbocycles. The SMILES string of the molecule is CCNC(=NCCCn1nc(C)cc1C)NCCc1cccc(C(=O)NC)c1. The molecule has 0 atom stereocenters. The van der Waals surface area contributed by atoms with E-state index in [1.54, 1.807) is 7.05 Å². The van der Waals surface area contributed by atoms with Crippen LogP contribution >= 0.6 is 0 Å². The molecular weight excluding hydrogens is 352 g/mol. The molecule has 0 aliphatic rings. The first-order valence-electron chi connectivity index (χ1n) is 9.87. The fraction of sp³-hybridized carbons (Fsp3) is 0.476. The van der Waals surface area contributed by atoms with E-state index in [4.69, 9.17) is 0 Å². The van der Waals surface area contributed by atoms with Crippen LogP contribution in [0.4, 0.5) is 0 Å². The number of benzene rings is 1. The predicted molar refractivity (Wildman–Crippen MR) is 114 cm³/mol. The Morgan fingerprint density at radius 1 is 1.21 bits per heavy atom. The summed E-state index contributed by atoms with van der Waals surface area (Å²) in [5, 5.41) is 13.8. The first kappa shape index (κ1) is 21.5. The monoisotopic (exact) mass is 384 g/mol. The molecule has 152 valence electrons. The summed E-state index contributed by atoms with van der Waals surface area (Å²) in [6.45, 7) is 9.32. The van der Waals surface area contributed by atoms with E-state index in [1.807, 2.05) is 35.9 Å². The van der Waals surface area contributed by atoms with Gasteiger partial charge in [-0.25, -0.2) is 0 Å². The van der Waals surface area contributed by atoms with E-state index in [1.165, 1.54) is 5.69 Å². The topological polar surface area (TPSA) is 83.3 Å². The van der Waals surface area contributed by atoms with Crippen LogP contribution in [0.2, 0.25) is 0 Å². The van der Waals surface area contributed by atoms with E-state index in [-0.39, 0.29) is 5.91 Å². The molecule has 1 amide bonds. The lowest BCUT2D eigenvalue weighted by atomic mass is 10.1. The smallest absolute Gasteiger partial charge is 0.251 e. The van der Waals surface area contributed by atoms with Crippen molar-refractivity contribution in [1.29, 1.82) is 0 Å². The maximum Gasteiger partial charge on any atom is 0.251 e. The molecule has 2 rings (SSSR count). The number of amides is 1. The third kappa shape index (κ3) is 6.72. The van der Waals surface area contributed by atoms with Gasteiger partial charge in [-0.3, -0.25) is 14.5 Å². The second-order valence-electron chi connectivity index (χ2n) is 6.72. The molecule has 0 saturated heterocycles. The Bertz CT molecular complexity index is 796. The first-order valence-corrected chi connectivity index (χ1v) is 9.87. The van der Waals surface area contributed by atoms with Crippen molar-refractivity contribution in [3.05, 3.63) is 52.8 Å². The number of hydrogen-bond donors (Lipinski definition) is 3. The molecule has 7 heteroatoms. The van der Waals surface area contributed by atoms with E-state index >= 15 is 0 Å². The van der Waals surface area contributed by atoms with Crippen molar-refractivity contribution in [3.63, 3.8) is 0 Å². The van der Waals surface area contributed by atoms with E-state index in [0.29, 0.717) is 5.56 Å². The van der Waals surface area contributed by atoms with E-state index in [9.17, 15) is 4.79 Å². The maximum absolute atomic E-state index is 11.7. The molecule has 0 aliphatic carbocycles. The Kier molecular flexibility index (Phi) is 8.52. The Labute approximate surface area is 167 Å². The van der Waals surface area contributed by atoms with Gasteiger partial charge in [-0.2, -0.15) is 5.10 Å². The van der Waals surface area contributed by atoms with Crippen molar-refractivity contribution in [2.75, 3.05) is 26.7 Å². The third-order valence-corrected chi connectivity index (χ3v) is 4.37. The molecule has 2 aromatic rings. The summed E-state index contributed by atoms with van der Waals surface area (Å²) in [6, 6.07) is 9.79. The van der Waals surface area contributed by atoms with Crippen molar-refractivity contribution in [3.8, 4) is 0 Å². The average Bonchev–Trinajstić information content (AvgIpc) is 3.01. The highest BCUT2D eigenvalue weighted by molar-refractivity contribution is 5.94. The zero-order valence-electron chi connectivity index (χ0n) is 17.4. The summed E-state index contributed by atoms with van der Waals surface area (Å²) in [6.07, 6.45) is 1.76. The summed E-state index contributed by atoms with van der Waals surface area (Å²) in [5.74, 6) is 0.755. The number of nitrogens with one attached hydrogen (secondary N) is 3. The normalized spacial score (nSPS) is 11.4. The van der Waals surface area contributed by atoms with Crippen LogP contribution in [-0.2, 0) is 13.0 Å². The zero-order chi connectivity index (χ0) is 20.4. The minimum Gasteiger partial charge on any atom is -0.357 e. The van der Waals surface area contributed by atoms with E-state index in [0.717, 1.165) is 56.2 Å². The molecule has 1 aromatic carbocycles. The number of nitrogens with zero attached hydrogens (tertiary/aromatic N) is 3. The highest BCUT2D eigenvalue weighted by Crippen LogP contribution is 2.06. The van der Waals surface area contributed by atoms with Gasteiger partial charge in [0.05, 0.1) is 5.69 Å². The summed E-state index contributed by atoms with van der Waals surface area (Å²) in [5.41, 5.74) is 4.04. The van der Waals surface area contributed by atoms with Crippen molar-refractivity contribution >= 4 is 11.9 Å². The van der Waals surface area contributed by atoms with Gasteiger partial charge in [0.2, 0.25) is 0 Å². The van der Waals surface area contributed by atoms with Crippen molar-refractivity contribution in [2.45, 2.75) is 40.2 Å². The fourth-order valence-corrected chi connectivity index (χ4v) is 2.99. The molecule has 1 heterocycles. The number of aryl methyl sites for hydroxylation is 3. The second-order valence-corrected chi connectivity index (χ2v) is 6.72. The highest BCUT2D eigenvalue weighted by Gasteiger charge is 2.04. The maximum atomic E-state index is 11.7. The Morgan fingerprint density at radius 2 is 2.04 bits per heavy atom. The van der Waals surface area contributed by atoms with Crippen molar-refractivity contribution in [1.82, 2.24) is 25.7 Å². The van der Waals surface area contributed by atoms with Crippen LogP contribution in [0.5, 0.6) is 0 Å². The molecular formula is C21H32N6O. The lowest BCUT2D eigenvalue weighted by Gasteiger charge is -2.12. The van der Waals surface area contributed by atoms with E-state index in [2.05, 4.69) is 46.0 Å². The third-order valence-electron chi connectivity index (χ3n) is 4.37. The van der Waals surface area contributed by atoms with Gasteiger partial charge in [-0.15, -0.1) is 0 Å². The zero-order valence-corrected chi connectivity index (χ0v) is 17.4. The summed E-state index contributed by atoms with van der Waals surface area (Å²) in [4.78, 5) is 16.4. The lowest BCUT2D eigenvalue weighted by molar-refractivity contribution is 0.0963. The van der Waals surface area contributed by atoms with Crippen LogP contribution < -0.4 is 16.0 Å². The standard InChI is InChI=1S/C21H32N6O/c1-5-23-21(24-11-7-13-27-17(3)14-16(2)26-27)25-12-10-18-8-6-9-19(15-18)20(28)22-4/h6,8-9,14-15H,5,7,10-13H2,1-4H3,(H,22,28)(H2,23,24,25). The predicted octanol–water partition coefficient (Wildman–Crippen LogP) is 2.05. The first-order chi connectivity index (χ1) is 13.5. The molecule has 0 spiro atoms. The Morgan fingerprint density at radius 3 is 2.71 bits per heavy atom. The van der Waals surface area contributed by atoms with Crippen LogP contribution in [0.1, 0.15) is 40.7 Å². The number of carbonyl (C=O) groups is 1. The van der Waals surface area contributed by atoms with Gasteiger partial charge in [0.1, 0.15) is 0 Å². The molecule has 0 radical (unpaired) electrons. The highest BCUT2D eigenvalue weighted by atomic mass is 16.1. The molecule has 0 bridgehead atoms. The van der Waals surface area contributed by atoms with Crippen LogP contribution in [0.15, 0.2) is 35.3 Å². The number of aromatic nitrogens is 2. The van der Waals surface area contributed by atoms with Gasteiger partial charge in [0, 0.05) is 44.5 Å². The second kappa shape index (κ2) is 11.1. The summed E-state index contributed by atoms with van der Waals surface area (Å²) >= 11 is 0. The molecule has 7 nitrogen and oxygen atoms in total. The number of hydrogen-bond acceptors (Lipinski definition) is 3. The molecule has 0 fully saturated rings. The number of aliphatic imine (C=N–C) groups is 1. The lowest BCUT2D eigenvalue weighted by Crippen LogP contribution is -2.38. The minimum atomic E-state index is -0.0627. The van der Waals surface area contributed by atoms with Crippen LogP contribution in [0.25, 0.3) is 0 Å². The summed E-state index contributed by atoms with van der Waals surface area (Å²) in [7, 11) is 1.64. The largest absolute Gasteiger partial charge is 0.357 e. The van der Waals surface area contributed by atoms with Gasteiger partial charge in [-0.05, 0) is 57.4 Å². The Balaban J connectivity index is 1.81.